The van der Waals surface area contributed by atoms with Crippen LogP contribution in [0.1, 0.15) is 35.7 Å². The zero-order valence-electron chi connectivity index (χ0n) is 16.9. The van der Waals surface area contributed by atoms with Crippen LogP contribution in [0.5, 0.6) is 11.5 Å². The van der Waals surface area contributed by atoms with Crippen molar-refractivity contribution >= 4 is 16.0 Å². The van der Waals surface area contributed by atoms with Crippen LogP contribution >= 0.6 is 0 Å². The number of carbonyl (C=O) groups is 1. The maximum Gasteiger partial charge on any atom is 0.387 e. The summed E-state index contributed by atoms with van der Waals surface area (Å²) in [6, 6.07) is 10.1. The van der Waals surface area contributed by atoms with Crippen LogP contribution in [0, 0.1) is 0 Å². The quantitative estimate of drug-likeness (QED) is 0.535. The molecule has 1 aliphatic rings. The zero-order chi connectivity index (χ0) is 22.4. The van der Waals surface area contributed by atoms with Gasteiger partial charge in [-0.05, 0) is 44.0 Å². The number of hydrogen-bond donors (Lipinski definition) is 0. The highest BCUT2D eigenvalue weighted by molar-refractivity contribution is 7.89. The average molecular weight is 455 g/mol. The van der Waals surface area contributed by atoms with Gasteiger partial charge in [0, 0.05) is 18.7 Å². The molecule has 0 aliphatic carbocycles. The Hall–Kier alpha value is -2.72. The summed E-state index contributed by atoms with van der Waals surface area (Å²) in [7, 11) is -3.69. The second-order valence-corrected chi connectivity index (χ2v) is 8.71. The molecule has 0 amide bonds. The molecule has 1 aliphatic heterocycles. The Morgan fingerprint density at radius 3 is 2.52 bits per heavy atom. The van der Waals surface area contributed by atoms with E-state index >= 15 is 0 Å². The first-order valence-electron chi connectivity index (χ1n) is 9.79. The van der Waals surface area contributed by atoms with Crippen molar-refractivity contribution in [1.29, 1.82) is 0 Å². The number of para-hydroxylation sites is 1. The molecule has 2 aromatic carbocycles. The lowest BCUT2D eigenvalue weighted by Crippen LogP contribution is -2.28. The highest BCUT2D eigenvalue weighted by atomic mass is 32.2. The van der Waals surface area contributed by atoms with Gasteiger partial charge in [0.25, 0.3) is 0 Å². The second-order valence-electron chi connectivity index (χ2n) is 6.77. The summed E-state index contributed by atoms with van der Waals surface area (Å²) in [6.07, 6.45) is 1.59. The topological polar surface area (TPSA) is 82.1 Å². The molecule has 0 saturated carbocycles. The minimum atomic E-state index is -3.69. The normalized spacial score (nSPS) is 14.6. The van der Waals surface area contributed by atoms with E-state index in [4.69, 9.17) is 9.47 Å². The van der Waals surface area contributed by atoms with E-state index in [2.05, 4.69) is 4.74 Å². The Balaban J connectivity index is 1.77. The molecule has 10 heteroatoms. The second kappa shape index (κ2) is 10.1. The van der Waals surface area contributed by atoms with E-state index in [1.807, 2.05) is 0 Å². The maximum absolute atomic E-state index is 12.8. The van der Waals surface area contributed by atoms with Gasteiger partial charge in [0.2, 0.25) is 10.0 Å². The lowest BCUT2D eigenvalue weighted by Gasteiger charge is -2.16. The number of hydrogen-bond acceptors (Lipinski definition) is 6. The van der Waals surface area contributed by atoms with Gasteiger partial charge >= 0.3 is 12.6 Å². The van der Waals surface area contributed by atoms with Gasteiger partial charge in [0.05, 0.1) is 17.1 Å². The molecule has 1 heterocycles. The van der Waals surface area contributed by atoms with Crippen LogP contribution in [0.2, 0.25) is 0 Å². The van der Waals surface area contributed by atoms with Crippen LogP contribution in [0.25, 0.3) is 0 Å². The summed E-state index contributed by atoms with van der Waals surface area (Å²) < 4.78 is 67.5. The first-order valence-corrected chi connectivity index (χ1v) is 11.2. The van der Waals surface area contributed by atoms with Crippen molar-refractivity contribution in [3.05, 3.63) is 53.6 Å². The lowest BCUT2D eigenvalue weighted by atomic mass is 10.2. The Morgan fingerprint density at radius 2 is 1.84 bits per heavy atom. The first kappa shape index (κ1) is 23.0. The molecule has 0 atom stereocenters. The number of esters is 1. The average Bonchev–Trinajstić information content (AvgIpc) is 3.29. The van der Waals surface area contributed by atoms with E-state index in [1.165, 1.54) is 40.7 Å². The largest absolute Gasteiger partial charge is 0.490 e. The number of ether oxygens (including phenoxy) is 3. The fourth-order valence-electron chi connectivity index (χ4n) is 3.25. The Morgan fingerprint density at radius 1 is 1.13 bits per heavy atom. The molecule has 168 valence electrons. The highest BCUT2D eigenvalue weighted by Gasteiger charge is 2.28. The number of rotatable bonds is 9. The van der Waals surface area contributed by atoms with E-state index in [0.29, 0.717) is 13.1 Å². The van der Waals surface area contributed by atoms with Crippen molar-refractivity contribution in [3.63, 3.8) is 0 Å². The van der Waals surface area contributed by atoms with Gasteiger partial charge in [-0.2, -0.15) is 13.1 Å². The van der Waals surface area contributed by atoms with Gasteiger partial charge in [-0.15, -0.1) is 0 Å². The fraction of sp³-hybridized carbons (Fsp3) is 0.381. The van der Waals surface area contributed by atoms with Crippen molar-refractivity contribution in [2.45, 2.75) is 37.9 Å². The van der Waals surface area contributed by atoms with E-state index in [1.54, 1.807) is 13.0 Å². The Kier molecular flexibility index (Phi) is 7.45. The predicted molar refractivity (Wildman–Crippen MR) is 108 cm³/mol. The molecule has 1 fully saturated rings. The zero-order valence-corrected chi connectivity index (χ0v) is 17.7. The molecule has 0 unspecified atom stereocenters. The van der Waals surface area contributed by atoms with E-state index in [9.17, 15) is 22.0 Å². The number of alkyl halides is 2. The van der Waals surface area contributed by atoms with Crippen molar-refractivity contribution in [2.24, 2.45) is 0 Å². The van der Waals surface area contributed by atoms with Gasteiger partial charge in [0.1, 0.15) is 6.61 Å². The third-order valence-electron chi connectivity index (χ3n) is 4.70. The summed E-state index contributed by atoms with van der Waals surface area (Å²) in [6.45, 7) is -0.614. The van der Waals surface area contributed by atoms with Crippen molar-refractivity contribution < 1.29 is 36.2 Å². The summed E-state index contributed by atoms with van der Waals surface area (Å²) in [4.78, 5) is 12.5. The van der Waals surface area contributed by atoms with Gasteiger partial charge in [-0.25, -0.2) is 13.2 Å². The number of benzene rings is 2. The van der Waals surface area contributed by atoms with E-state index in [-0.39, 0.29) is 40.7 Å². The maximum atomic E-state index is 12.8. The van der Waals surface area contributed by atoms with Crippen LogP contribution in [-0.2, 0) is 21.4 Å². The number of halogens is 2. The third-order valence-corrected chi connectivity index (χ3v) is 6.59. The van der Waals surface area contributed by atoms with Crippen LogP contribution in [-0.4, -0.2) is 45.0 Å². The molecule has 0 radical (unpaired) electrons. The summed E-state index contributed by atoms with van der Waals surface area (Å²) in [5.41, 5.74) is 0.234. The van der Waals surface area contributed by atoms with Gasteiger partial charge in [-0.3, -0.25) is 0 Å². The highest BCUT2D eigenvalue weighted by Crippen LogP contribution is 2.33. The van der Waals surface area contributed by atoms with E-state index < -0.39 is 22.6 Å². The minimum Gasteiger partial charge on any atom is -0.490 e. The lowest BCUT2D eigenvalue weighted by molar-refractivity contribution is -0.0526. The number of nitrogens with zero attached hydrogens (tertiary/aromatic N) is 1. The van der Waals surface area contributed by atoms with E-state index in [0.717, 1.165) is 12.8 Å². The molecule has 0 N–H and O–H groups in total. The van der Waals surface area contributed by atoms with Gasteiger partial charge < -0.3 is 14.2 Å². The molecule has 3 rings (SSSR count). The predicted octanol–water partition coefficient (Wildman–Crippen LogP) is 3.83. The minimum absolute atomic E-state index is 0.00363. The molecule has 1 saturated heterocycles. The standard InChI is InChI=1S/C21H23F2NO6S/c1-2-28-18-10-6-8-16(19(18)30-21(22)23)14-29-20(25)15-7-5-9-17(13-15)31(26,27)24-11-3-4-12-24/h5-10,13,21H,2-4,11-12,14H2,1H3. The SMILES string of the molecule is CCOc1cccc(COC(=O)c2cccc(S(=O)(=O)N3CCCC3)c2)c1OC(F)F. The van der Waals surface area contributed by atoms with Crippen LogP contribution in [0.3, 0.4) is 0 Å². The molecule has 0 spiro atoms. The molecule has 0 aromatic heterocycles. The fourth-order valence-corrected chi connectivity index (χ4v) is 4.82. The van der Waals surface area contributed by atoms with Gasteiger partial charge in [0.15, 0.2) is 11.5 Å². The number of carbonyl (C=O) groups excluding carboxylic acids is 1. The summed E-state index contributed by atoms with van der Waals surface area (Å²) in [5, 5.41) is 0. The molecular formula is C21H23F2NO6S. The smallest absolute Gasteiger partial charge is 0.387 e. The number of sulfonamides is 1. The Bertz CT molecular complexity index is 1020. The van der Waals surface area contributed by atoms with Crippen molar-refractivity contribution in [3.8, 4) is 11.5 Å². The molecule has 2 aromatic rings. The van der Waals surface area contributed by atoms with Gasteiger partial charge in [-0.1, -0.05) is 18.2 Å². The van der Waals surface area contributed by atoms with Crippen LogP contribution in [0.15, 0.2) is 47.4 Å². The van der Waals surface area contributed by atoms with Crippen LogP contribution < -0.4 is 9.47 Å². The van der Waals surface area contributed by atoms with Crippen molar-refractivity contribution in [1.82, 2.24) is 4.31 Å². The molecule has 31 heavy (non-hydrogen) atoms. The molecular weight excluding hydrogens is 432 g/mol. The summed E-state index contributed by atoms with van der Waals surface area (Å²) in [5.74, 6) is -0.893. The Labute approximate surface area is 179 Å². The summed E-state index contributed by atoms with van der Waals surface area (Å²) >= 11 is 0. The monoisotopic (exact) mass is 455 g/mol. The molecule has 0 bridgehead atoms. The first-order chi connectivity index (χ1) is 14.8. The molecule has 7 nitrogen and oxygen atoms in total. The van der Waals surface area contributed by atoms with Crippen molar-refractivity contribution in [2.75, 3.05) is 19.7 Å². The van der Waals surface area contributed by atoms with Crippen LogP contribution in [0.4, 0.5) is 8.78 Å². The third kappa shape index (κ3) is 5.50.